The first-order valence-corrected chi connectivity index (χ1v) is 12.3. The number of hydrogen-bond acceptors (Lipinski definition) is 6. The van der Waals surface area contributed by atoms with Crippen LogP contribution in [0.25, 0.3) is 11.0 Å². The van der Waals surface area contributed by atoms with Crippen molar-refractivity contribution in [3.05, 3.63) is 47.3 Å². The van der Waals surface area contributed by atoms with E-state index in [1.54, 1.807) is 17.3 Å². The SMILES string of the molecule is COC(=O)N1c2ccc3c(nc(Cc4cnc(C)cn4)n3[C@@H]3CCC[C@@H](C(=O)O)C3)c2CCC1C. The Kier molecular flexibility index (Phi) is 6.17. The van der Waals surface area contributed by atoms with Gasteiger partial charge >= 0.3 is 12.1 Å². The topological polar surface area (TPSA) is 110 Å². The number of aromatic nitrogens is 4. The third-order valence-electron chi connectivity index (χ3n) is 7.43. The molecular weight excluding hydrogens is 446 g/mol. The zero-order chi connectivity index (χ0) is 24.7. The van der Waals surface area contributed by atoms with Crippen LogP contribution >= 0.6 is 0 Å². The average molecular weight is 478 g/mol. The average Bonchev–Trinajstić information content (AvgIpc) is 3.23. The Hall–Kier alpha value is -3.49. The van der Waals surface area contributed by atoms with Gasteiger partial charge in [0.25, 0.3) is 0 Å². The summed E-state index contributed by atoms with van der Waals surface area (Å²) >= 11 is 0. The number of methoxy groups -OCH3 is 1. The van der Waals surface area contributed by atoms with Crippen molar-refractivity contribution in [3.8, 4) is 0 Å². The Morgan fingerprint density at radius 3 is 2.71 bits per heavy atom. The molecule has 1 aromatic carbocycles. The molecule has 1 saturated carbocycles. The smallest absolute Gasteiger partial charge is 0.414 e. The second-order valence-electron chi connectivity index (χ2n) is 9.74. The van der Waals surface area contributed by atoms with E-state index in [1.807, 2.05) is 26.0 Å². The number of rotatable bonds is 4. The first-order valence-electron chi connectivity index (χ1n) is 12.3. The molecule has 0 bridgehead atoms. The molecule has 2 aromatic heterocycles. The number of fused-ring (bicyclic) bond motifs is 3. The van der Waals surface area contributed by atoms with Gasteiger partial charge in [-0.2, -0.15) is 0 Å². The molecule has 9 heteroatoms. The number of carboxylic acids is 1. The van der Waals surface area contributed by atoms with E-state index in [1.165, 1.54) is 7.11 Å². The van der Waals surface area contributed by atoms with Gasteiger partial charge in [-0.05, 0) is 58.1 Å². The molecule has 3 aromatic rings. The lowest BCUT2D eigenvalue weighted by molar-refractivity contribution is -0.143. The zero-order valence-electron chi connectivity index (χ0n) is 20.4. The molecule has 1 aliphatic heterocycles. The minimum atomic E-state index is -0.731. The quantitative estimate of drug-likeness (QED) is 0.591. The Labute approximate surface area is 204 Å². The number of benzene rings is 1. The highest BCUT2D eigenvalue weighted by molar-refractivity contribution is 5.95. The van der Waals surface area contributed by atoms with Crippen molar-refractivity contribution < 1.29 is 19.4 Å². The molecule has 1 unspecified atom stereocenters. The lowest BCUT2D eigenvalue weighted by atomic mass is 9.85. The minimum Gasteiger partial charge on any atom is -0.481 e. The van der Waals surface area contributed by atoms with Crippen molar-refractivity contribution in [2.45, 2.75) is 70.9 Å². The number of hydrogen-bond donors (Lipinski definition) is 1. The summed E-state index contributed by atoms with van der Waals surface area (Å²) in [5.41, 5.74) is 5.39. The van der Waals surface area contributed by atoms with Crippen LogP contribution in [0.1, 0.15) is 67.8 Å². The van der Waals surface area contributed by atoms with Gasteiger partial charge < -0.3 is 14.4 Å². The van der Waals surface area contributed by atoms with Crippen LogP contribution in [0.15, 0.2) is 24.5 Å². The molecule has 1 aliphatic carbocycles. The standard InChI is InChI=1S/C26H31N5O4/c1-15-13-28-18(14-27-15)12-23-29-24-20-8-7-16(2)30(26(34)35-3)21(20)9-10-22(24)31(23)19-6-4-5-17(11-19)25(32)33/h9-10,13-14,16-17,19H,4-8,11-12H2,1-3H3,(H,32,33)/t16?,17-,19-/m1/s1. The minimum absolute atomic E-state index is 0.0338. The normalized spacial score (nSPS) is 22.1. The van der Waals surface area contributed by atoms with E-state index in [0.717, 1.165) is 65.2 Å². The van der Waals surface area contributed by atoms with Crippen molar-refractivity contribution in [2.24, 2.45) is 5.92 Å². The fraction of sp³-hybridized carbons (Fsp3) is 0.500. The van der Waals surface area contributed by atoms with Gasteiger partial charge in [-0.25, -0.2) is 9.78 Å². The number of nitrogens with zero attached hydrogens (tertiary/aromatic N) is 5. The molecule has 3 heterocycles. The molecule has 0 saturated heterocycles. The number of amides is 1. The predicted octanol–water partition coefficient (Wildman–Crippen LogP) is 4.45. The number of imidazole rings is 1. The van der Waals surface area contributed by atoms with Gasteiger partial charge in [-0.3, -0.25) is 19.7 Å². The van der Waals surface area contributed by atoms with Crippen molar-refractivity contribution in [1.29, 1.82) is 0 Å². The molecule has 2 aliphatic rings. The van der Waals surface area contributed by atoms with Crippen molar-refractivity contribution >= 4 is 28.8 Å². The van der Waals surface area contributed by atoms with Gasteiger partial charge in [0, 0.05) is 36.5 Å². The summed E-state index contributed by atoms with van der Waals surface area (Å²) < 4.78 is 7.30. The van der Waals surface area contributed by atoms with Crippen molar-refractivity contribution in [2.75, 3.05) is 12.0 Å². The zero-order valence-corrected chi connectivity index (χ0v) is 20.4. The van der Waals surface area contributed by atoms with Crippen LogP contribution in [0.3, 0.4) is 0 Å². The number of carbonyl (C=O) groups excluding carboxylic acids is 1. The van der Waals surface area contributed by atoms with Crippen molar-refractivity contribution in [3.63, 3.8) is 0 Å². The van der Waals surface area contributed by atoms with Gasteiger partial charge in [-0.15, -0.1) is 0 Å². The summed E-state index contributed by atoms with van der Waals surface area (Å²) in [7, 11) is 1.40. The number of aryl methyl sites for hydroxylation is 2. The predicted molar refractivity (Wildman–Crippen MR) is 131 cm³/mol. The maximum absolute atomic E-state index is 12.6. The molecule has 35 heavy (non-hydrogen) atoms. The molecule has 1 N–H and O–H groups in total. The van der Waals surface area contributed by atoms with E-state index in [2.05, 4.69) is 14.5 Å². The number of aliphatic carboxylic acids is 1. The van der Waals surface area contributed by atoms with Crippen LogP contribution in [0.2, 0.25) is 0 Å². The van der Waals surface area contributed by atoms with E-state index in [-0.39, 0.29) is 24.1 Å². The molecule has 184 valence electrons. The van der Waals surface area contributed by atoms with E-state index in [0.29, 0.717) is 19.3 Å². The summed E-state index contributed by atoms with van der Waals surface area (Å²) in [6.07, 6.45) is 8.34. The highest BCUT2D eigenvalue weighted by atomic mass is 16.5. The highest BCUT2D eigenvalue weighted by Crippen LogP contribution is 2.40. The first-order chi connectivity index (χ1) is 16.9. The molecule has 0 radical (unpaired) electrons. The summed E-state index contributed by atoms with van der Waals surface area (Å²) in [5.74, 6) is -0.234. The maximum atomic E-state index is 12.6. The van der Waals surface area contributed by atoms with Gasteiger partial charge in [0.2, 0.25) is 0 Å². The summed E-state index contributed by atoms with van der Waals surface area (Å²) in [4.78, 5) is 40.1. The molecule has 1 amide bonds. The lowest BCUT2D eigenvalue weighted by Crippen LogP contribution is -2.42. The summed E-state index contributed by atoms with van der Waals surface area (Å²) in [5, 5.41) is 9.69. The first kappa shape index (κ1) is 23.3. The van der Waals surface area contributed by atoms with Crippen LogP contribution in [-0.2, 0) is 22.4 Å². The molecular formula is C26H31N5O4. The highest BCUT2D eigenvalue weighted by Gasteiger charge is 2.34. The molecule has 9 nitrogen and oxygen atoms in total. The van der Waals surface area contributed by atoms with Gasteiger partial charge in [0.05, 0.1) is 41.1 Å². The number of ether oxygens (including phenoxy) is 1. The second-order valence-corrected chi connectivity index (χ2v) is 9.74. The largest absolute Gasteiger partial charge is 0.481 e. The fourth-order valence-corrected chi connectivity index (χ4v) is 5.65. The van der Waals surface area contributed by atoms with Crippen LogP contribution in [0, 0.1) is 12.8 Å². The van der Waals surface area contributed by atoms with Gasteiger partial charge in [-0.1, -0.05) is 6.42 Å². The number of carbonyl (C=O) groups is 2. The number of carboxylic acid groups (broad SMARTS) is 1. The summed E-state index contributed by atoms with van der Waals surface area (Å²) in [6.45, 7) is 3.93. The van der Waals surface area contributed by atoms with Crippen molar-refractivity contribution in [1.82, 2.24) is 19.5 Å². The second kappa shape index (κ2) is 9.28. The molecule has 3 atom stereocenters. The van der Waals surface area contributed by atoms with Gasteiger partial charge in [0.15, 0.2) is 0 Å². The van der Waals surface area contributed by atoms with E-state index in [9.17, 15) is 14.7 Å². The van der Waals surface area contributed by atoms with Crippen LogP contribution in [0.5, 0.6) is 0 Å². The van der Waals surface area contributed by atoms with E-state index in [4.69, 9.17) is 9.72 Å². The Morgan fingerprint density at radius 2 is 2.00 bits per heavy atom. The monoisotopic (exact) mass is 477 g/mol. The van der Waals surface area contributed by atoms with Gasteiger partial charge in [0.1, 0.15) is 5.82 Å². The summed E-state index contributed by atoms with van der Waals surface area (Å²) in [6, 6.07) is 4.08. The third-order valence-corrected chi connectivity index (χ3v) is 7.43. The van der Waals surface area contributed by atoms with E-state index < -0.39 is 5.97 Å². The lowest BCUT2D eigenvalue weighted by Gasteiger charge is -2.34. The van der Waals surface area contributed by atoms with Crippen LogP contribution in [-0.4, -0.2) is 49.8 Å². The maximum Gasteiger partial charge on any atom is 0.414 e. The van der Waals surface area contributed by atoms with E-state index >= 15 is 0 Å². The number of anilines is 1. The molecule has 0 spiro atoms. The Morgan fingerprint density at radius 1 is 1.17 bits per heavy atom. The van der Waals surface area contributed by atoms with Crippen LogP contribution in [0.4, 0.5) is 10.5 Å². The van der Waals surface area contributed by atoms with Crippen LogP contribution < -0.4 is 4.90 Å². The Bertz CT molecular complexity index is 1270. The fourth-order valence-electron chi connectivity index (χ4n) is 5.65. The molecule has 1 fully saturated rings. The third kappa shape index (κ3) is 4.24. The Balaban J connectivity index is 1.65. The molecule has 5 rings (SSSR count).